The van der Waals surface area contributed by atoms with Crippen molar-refractivity contribution in [3.8, 4) is 16.3 Å². The van der Waals surface area contributed by atoms with Gasteiger partial charge >= 0.3 is 0 Å². The van der Waals surface area contributed by atoms with E-state index in [4.69, 9.17) is 9.84 Å². The van der Waals surface area contributed by atoms with Gasteiger partial charge in [0.2, 0.25) is 0 Å². The van der Waals surface area contributed by atoms with Gasteiger partial charge in [0, 0.05) is 17.7 Å². The molecule has 5 heteroatoms. The van der Waals surface area contributed by atoms with Crippen LogP contribution in [0.5, 0.6) is 5.75 Å². The summed E-state index contributed by atoms with van der Waals surface area (Å²) in [6, 6.07) is 7.94. The molecule has 0 radical (unpaired) electrons. The van der Waals surface area contributed by atoms with Gasteiger partial charge in [0.1, 0.15) is 10.8 Å². The summed E-state index contributed by atoms with van der Waals surface area (Å²) in [4.78, 5) is 4.67. The molecule has 0 amide bonds. The molecule has 1 unspecified atom stereocenters. The molecule has 0 fully saturated rings. The Morgan fingerprint density at radius 3 is 2.95 bits per heavy atom. The van der Waals surface area contributed by atoms with Crippen LogP contribution in [0.4, 0.5) is 0 Å². The number of aliphatic hydroxyl groups is 1. The van der Waals surface area contributed by atoms with Gasteiger partial charge < -0.3 is 9.84 Å². The zero-order chi connectivity index (χ0) is 14.4. The second kappa shape index (κ2) is 7.67. The van der Waals surface area contributed by atoms with E-state index in [9.17, 15) is 0 Å². The molecule has 1 atom stereocenters. The lowest BCUT2D eigenvalue weighted by Gasteiger charge is -2.06. The first-order chi connectivity index (χ1) is 9.74. The van der Waals surface area contributed by atoms with Crippen LogP contribution in [0.25, 0.3) is 10.6 Å². The van der Waals surface area contributed by atoms with Crippen LogP contribution < -0.4 is 4.74 Å². The molecule has 1 heterocycles. The Morgan fingerprint density at radius 2 is 2.20 bits per heavy atom. The number of rotatable bonds is 7. The molecule has 20 heavy (non-hydrogen) atoms. The second-order valence-electron chi connectivity index (χ2n) is 4.65. The minimum absolute atomic E-state index is 0.247. The number of para-hydroxylation sites is 1. The van der Waals surface area contributed by atoms with Crippen LogP contribution in [-0.2, 0) is 5.75 Å². The summed E-state index contributed by atoms with van der Waals surface area (Å²) in [6.45, 7) is 2.30. The highest BCUT2D eigenvalue weighted by Crippen LogP contribution is 2.32. The lowest BCUT2D eigenvalue weighted by Crippen LogP contribution is -2.03. The third-order valence-corrected chi connectivity index (χ3v) is 5.08. The van der Waals surface area contributed by atoms with E-state index in [0.29, 0.717) is 5.92 Å². The van der Waals surface area contributed by atoms with Gasteiger partial charge in [0.05, 0.1) is 18.4 Å². The maximum atomic E-state index is 9.00. The maximum Gasteiger partial charge on any atom is 0.129 e. The molecule has 0 saturated heterocycles. The second-order valence-corrected chi connectivity index (χ2v) is 6.54. The molecule has 1 aromatic carbocycles. The van der Waals surface area contributed by atoms with Gasteiger partial charge in [-0.3, -0.25) is 0 Å². The smallest absolute Gasteiger partial charge is 0.129 e. The molecule has 1 aromatic heterocycles. The summed E-state index contributed by atoms with van der Waals surface area (Å²) in [5.41, 5.74) is 2.13. The summed E-state index contributed by atoms with van der Waals surface area (Å²) in [5, 5.41) is 12.1. The molecular weight excluding hydrogens is 290 g/mol. The van der Waals surface area contributed by atoms with Crippen molar-refractivity contribution in [2.45, 2.75) is 12.7 Å². The standard InChI is InChI=1S/C15H19NO2S2/c1-11(7-17)8-19-9-12-10-20-15(16-12)13-5-3-4-6-14(13)18-2/h3-6,10-11,17H,7-9H2,1-2H3. The Balaban J connectivity index is 2.01. The van der Waals surface area contributed by atoms with Crippen molar-refractivity contribution in [1.29, 1.82) is 0 Å². The molecule has 1 N–H and O–H groups in total. The monoisotopic (exact) mass is 309 g/mol. The normalized spacial score (nSPS) is 12.3. The van der Waals surface area contributed by atoms with Crippen LogP contribution in [0.15, 0.2) is 29.6 Å². The Morgan fingerprint density at radius 1 is 1.40 bits per heavy atom. The molecule has 0 aliphatic heterocycles. The van der Waals surface area contributed by atoms with E-state index in [1.807, 2.05) is 43.0 Å². The molecule has 3 nitrogen and oxygen atoms in total. The number of hydrogen-bond acceptors (Lipinski definition) is 5. The summed E-state index contributed by atoms with van der Waals surface area (Å²) in [7, 11) is 1.68. The zero-order valence-electron chi connectivity index (χ0n) is 11.7. The Kier molecular flexibility index (Phi) is 5.88. The van der Waals surface area contributed by atoms with Crippen LogP contribution in [-0.4, -0.2) is 29.6 Å². The van der Waals surface area contributed by atoms with Crippen molar-refractivity contribution in [1.82, 2.24) is 4.98 Å². The highest BCUT2D eigenvalue weighted by Gasteiger charge is 2.10. The highest BCUT2D eigenvalue weighted by atomic mass is 32.2. The molecule has 0 aliphatic rings. The number of benzene rings is 1. The van der Waals surface area contributed by atoms with E-state index in [1.165, 1.54) is 0 Å². The van der Waals surface area contributed by atoms with E-state index in [0.717, 1.165) is 33.5 Å². The number of ether oxygens (including phenoxy) is 1. The van der Waals surface area contributed by atoms with Crippen LogP contribution in [0.1, 0.15) is 12.6 Å². The van der Waals surface area contributed by atoms with E-state index in [2.05, 4.69) is 10.4 Å². The summed E-state index contributed by atoms with van der Waals surface area (Å²) >= 11 is 3.45. The molecule has 108 valence electrons. The largest absolute Gasteiger partial charge is 0.496 e. The SMILES string of the molecule is COc1ccccc1-c1nc(CSCC(C)CO)cs1. The van der Waals surface area contributed by atoms with Gasteiger partial charge in [-0.05, 0) is 23.8 Å². The lowest BCUT2D eigenvalue weighted by atomic mass is 10.2. The lowest BCUT2D eigenvalue weighted by molar-refractivity contribution is 0.250. The zero-order valence-corrected chi connectivity index (χ0v) is 13.3. The van der Waals surface area contributed by atoms with Gasteiger partial charge in [-0.25, -0.2) is 4.98 Å². The van der Waals surface area contributed by atoms with Gasteiger partial charge in [-0.1, -0.05) is 19.1 Å². The van der Waals surface area contributed by atoms with Gasteiger partial charge in [0.15, 0.2) is 0 Å². The number of thioether (sulfide) groups is 1. The van der Waals surface area contributed by atoms with Crippen molar-refractivity contribution in [2.24, 2.45) is 5.92 Å². The van der Waals surface area contributed by atoms with Gasteiger partial charge in [-0.2, -0.15) is 11.8 Å². The third kappa shape index (κ3) is 3.98. The first-order valence-electron chi connectivity index (χ1n) is 6.51. The third-order valence-electron chi connectivity index (χ3n) is 2.85. The van der Waals surface area contributed by atoms with Crippen LogP contribution in [0.3, 0.4) is 0 Å². The van der Waals surface area contributed by atoms with E-state index in [-0.39, 0.29) is 6.61 Å². The summed E-state index contributed by atoms with van der Waals surface area (Å²) < 4.78 is 5.37. The van der Waals surface area contributed by atoms with Crippen LogP contribution in [0, 0.1) is 5.92 Å². The molecule has 2 rings (SSSR count). The van der Waals surface area contributed by atoms with E-state index < -0.39 is 0 Å². The molecule has 0 spiro atoms. The van der Waals surface area contributed by atoms with Crippen LogP contribution in [0.2, 0.25) is 0 Å². The molecule has 0 saturated carbocycles. The highest BCUT2D eigenvalue weighted by molar-refractivity contribution is 7.98. The minimum Gasteiger partial charge on any atom is -0.496 e. The number of hydrogen-bond donors (Lipinski definition) is 1. The van der Waals surface area contributed by atoms with E-state index >= 15 is 0 Å². The predicted molar refractivity (Wildman–Crippen MR) is 86.5 cm³/mol. The number of nitrogens with zero attached hydrogens (tertiary/aromatic N) is 1. The Labute approximate surface area is 128 Å². The van der Waals surface area contributed by atoms with Gasteiger partial charge in [0.25, 0.3) is 0 Å². The molecule has 0 aliphatic carbocycles. The van der Waals surface area contributed by atoms with Crippen molar-refractivity contribution in [3.05, 3.63) is 35.3 Å². The Bertz CT molecular complexity index is 542. The Hall–Kier alpha value is -1.04. The number of thiazole rings is 1. The maximum absolute atomic E-state index is 9.00. The molecular formula is C15H19NO2S2. The number of methoxy groups -OCH3 is 1. The fraction of sp³-hybridized carbons (Fsp3) is 0.400. The van der Waals surface area contributed by atoms with Crippen LogP contribution >= 0.6 is 23.1 Å². The summed E-state index contributed by atoms with van der Waals surface area (Å²) in [6.07, 6.45) is 0. The minimum atomic E-state index is 0.247. The quantitative estimate of drug-likeness (QED) is 0.847. The first-order valence-corrected chi connectivity index (χ1v) is 8.54. The number of aromatic nitrogens is 1. The average Bonchev–Trinajstić information content (AvgIpc) is 2.95. The van der Waals surface area contributed by atoms with Crippen molar-refractivity contribution < 1.29 is 9.84 Å². The molecule has 2 aromatic rings. The molecule has 0 bridgehead atoms. The van der Waals surface area contributed by atoms with Crippen molar-refractivity contribution in [2.75, 3.05) is 19.5 Å². The van der Waals surface area contributed by atoms with Crippen molar-refractivity contribution >= 4 is 23.1 Å². The average molecular weight is 309 g/mol. The predicted octanol–water partition coefficient (Wildman–Crippen LogP) is 3.68. The topological polar surface area (TPSA) is 42.4 Å². The van der Waals surface area contributed by atoms with Crippen molar-refractivity contribution in [3.63, 3.8) is 0 Å². The number of aliphatic hydroxyl groups excluding tert-OH is 1. The summed E-state index contributed by atoms with van der Waals surface area (Å²) in [5.74, 6) is 3.04. The first kappa shape index (κ1) is 15.4. The van der Waals surface area contributed by atoms with Gasteiger partial charge in [-0.15, -0.1) is 11.3 Å². The fourth-order valence-corrected chi connectivity index (χ4v) is 3.67. The fourth-order valence-electron chi connectivity index (χ4n) is 1.74. The van der Waals surface area contributed by atoms with E-state index in [1.54, 1.807) is 18.4 Å².